The van der Waals surface area contributed by atoms with Crippen molar-refractivity contribution in [2.24, 2.45) is 0 Å². The predicted molar refractivity (Wildman–Crippen MR) is 137 cm³/mol. The van der Waals surface area contributed by atoms with Crippen LogP contribution in [0.15, 0.2) is 48.5 Å². The van der Waals surface area contributed by atoms with Crippen molar-refractivity contribution < 1.29 is 14.3 Å². The summed E-state index contributed by atoms with van der Waals surface area (Å²) in [6, 6.07) is 15.3. The fourth-order valence-corrected chi connectivity index (χ4v) is 5.50. The minimum Gasteiger partial charge on any atom is -0.497 e. The van der Waals surface area contributed by atoms with Crippen LogP contribution in [-0.4, -0.2) is 58.0 Å². The monoisotopic (exact) mass is 474 g/mol. The van der Waals surface area contributed by atoms with Crippen molar-refractivity contribution in [3.05, 3.63) is 65.4 Å². The Balaban J connectivity index is 1.57. The highest BCUT2D eigenvalue weighted by Crippen LogP contribution is 2.48. The molecule has 2 atom stereocenters. The second-order valence-electron chi connectivity index (χ2n) is 10.8. The molecule has 35 heavy (non-hydrogen) atoms. The number of benzene rings is 2. The number of methoxy groups -OCH3 is 1. The average molecular weight is 475 g/mol. The van der Waals surface area contributed by atoms with Crippen LogP contribution in [0, 0.1) is 0 Å². The van der Waals surface area contributed by atoms with Gasteiger partial charge in [0.1, 0.15) is 17.3 Å². The van der Waals surface area contributed by atoms with Crippen molar-refractivity contribution >= 4 is 22.8 Å². The number of amides is 3. The van der Waals surface area contributed by atoms with Gasteiger partial charge >= 0.3 is 6.03 Å². The third-order valence-electron chi connectivity index (χ3n) is 7.20. The number of carbonyl (C=O) groups excluding carboxylic acids is 2. The standard InChI is InChI=1S/C28H34N4O3/c1-27(2,3)29-14-9-15-31-25(33)28(4)17-21-20-16-19(35-5)12-13-22(20)30-23(21)24(32(28)26(31)34)18-10-7-6-8-11-18/h6-8,10-13,16,24,29-30H,9,14-15,17H2,1-5H3/t24-,28+/m1/s1. The number of hydrogen-bond acceptors (Lipinski definition) is 4. The molecule has 184 valence electrons. The Morgan fingerprint density at radius 1 is 1.14 bits per heavy atom. The van der Waals surface area contributed by atoms with Gasteiger partial charge in [-0.25, -0.2) is 4.79 Å². The Bertz CT molecular complexity index is 1280. The van der Waals surface area contributed by atoms with E-state index < -0.39 is 5.54 Å². The molecule has 0 aliphatic carbocycles. The maximum Gasteiger partial charge on any atom is 0.328 e. The summed E-state index contributed by atoms with van der Waals surface area (Å²) in [5.74, 6) is 0.645. The fourth-order valence-electron chi connectivity index (χ4n) is 5.50. The first-order valence-electron chi connectivity index (χ1n) is 12.3. The molecule has 0 bridgehead atoms. The van der Waals surface area contributed by atoms with Crippen LogP contribution in [0.2, 0.25) is 0 Å². The van der Waals surface area contributed by atoms with Gasteiger partial charge in [-0.15, -0.1) is 0 Å². The molecule has 2 aliphatic rings. The van der Waals surface area contributed by atoms with E-state index in [2.05, 4.69) is 31.1 Å². The SMILES string of the molecule is COc1ccc2[nH]c3c(c2c1)C[C@@]1(C)C(=O)N(CCCNC(C)(C)C)C(=O)N1[C@@H]3c1ccccc1. The number of rotatable bonds is 6. The van der Waals surface area contributed by atoms with E-state index in [9.17, 15) is 9.59 Å². The summed E-state index contributed by atoms with van der Waals surface area (Å²) >= 11 is 0. The minimum atomic E-state index is -0.958. The molecular weight excluding hydrogens is 440 g/mol. The molecule has 2 N–H and O–H groups in total. The molecule has 3 aromatic rings. The van der Waals surface area contributed by atoms with Crippen LogP contribution < -0.4 is 10.1 Å². The summed E-state index contributed by atoms with van der Waals surface area (Å²) in [7, 11) is 1.65. The third kappa shape index (κ3) is 3.88. The van der Waals surface area contributed by atoms with Gasteiger partial charge in [0.25, 0.3) is 5.91 Å². The van der Waals surface area contributed by atoms with E-state index in [4.69, 9.17) is 4.74 Å². The Morgan fingerprint density at radius 2 is 1.89 bits per heavy atom. The molecule has 1 fully saturated rings. The first-order chi connectivity index (χ1) is 16.6. The number of ether oxygens (including phenoxy) is 1. The lowest BCUT2D eigenvalue weighted by Gasteiger charge is -2.42. The van der Waals surface area contributed by atoms with Gasteiger partial charge < -0.3 is 15.0 Å². The summed E-state index contributed by atoms with van der Waals surface area (Å²) in [4.78, 5) is 34.5. The smallest absolute Gasteiger partial charge is 0.328 e. The molecule has 2 aliphatic heterocycles. The number of aromatic nitrogens is 1. The molecule has 0 saturated carbocycles. The van der Waals surface area contributed by atoms with E-state index in [1.807, 2.05) is 55.5 Å². The van der Waals surface area contributed by atoms with Crippen molar-refractivity contribution in [2.45, 2.75) is 57.7 Å². The summed E-state index contributed by atoms with van der Waals surface area (Å²) in [6.07, 6.45) is 1.17. The zero-order valence-corrected chi connectivity index (χ0v) is 21.1. The van der Waals surface area contributed by atoms with Gasteiger partial charge in [-0.1, -0.05) is 30.3 Å². The lowest BCUT2D eigenvalue weighted by atomic mass is 9.81. The zero-order valence-electron chi connectivity index (χ0n) is 21.1. The molecule has 3 heterocycles. The minimum absolute atomic E-state index is 0.00819. The maximum atomic E-state index is 13.8. The second-order valence-corrected chi connectivity index (χ2v) is 10.8. The molecule has 7 heteroatoms. The van der Waals surface area contributed by atoms with E-state index in [0.717, 1.165) is 40.0 Å². The molecule has 5 rings (SSSR count). The number of imide groups is 1. The van der Waals surface area contributed by atoms with Crippen LogP contribution in [0.4, 0.5) is 4.79 Å². The van der Waals surface area contributed by atoms with E-state index in [1.54, 1.807) is 12.0 Å². The highest BCUT2D eigenvalue weighted by atomic mass is 16.5. The van der Waals surface area contributed by atoms with Gasteiger partial charge in [0.2, 0.25) is 0 Å². The Labute approximate surface area is 206 Å². The molecular formula is C28H34N4O3. The quantitative estimate of drug-likeness (QED) is 0.404. The molecule has 0 unspecified atom stereocenters. The molecule has 3 amide bonds. The second kappa shape index (κ2) is 8.41. The van der Waals surface area contributed by atoms with Crippen molar-refractivity contribution in [3.63, 3.8) is 0 Å². The van der Waals surface area contributed by atoms with Crippen LogP contribution >= 0.6 is 0 Å². The Morgan fingerprint density at radius 3 is 2.57 bits per heavy atom. The molecule has 1 saturated heterocycles. The molecule has 2 aromatic carbocycles. The summed E-state index contributed by atoms with van der Waals surface area (Å²) in [5.41, 5.74) is 3.03. The summed E-state index contributed by atoms with van der Waals surface area (Å²) < 4.78 is 5.48. The van der Waals surface area contributed by atoms with E-state index in [0.29, 0.717) is 19.4 Å². The maximum absolute atomic E-state index is 13.8. The number of H-pyrrole nitrogens is 1. The number of urea groups is 1. The van der Waals surface area contributed by atoms with Gasteiger partial charge in [0.05, 0.1) is 7.11 Å². The van der Waals surface area contributed by atoms with Gasteiger partial charge in [0, 0.05) is 35.1 Å². The molecule has 7 nitrogen and oxygen atoms in total. The van der Waals surface area contributed by atoms with E-state index >= 15 is 0 Å². The topological polar surface area (TPSA) is 77.7 Å². The van der Waals surface area contributed by atoms with Crippen molar-refractivity contribution in [1.82, 2.24) is 20.1 Å². The Kier molecular flexibility index (Phi) is 5.63. The third-order valence-corrected chi connectivity index (χ3v) is 7.20. The van der Waals surface area contributed by atoms with Crippen molar-refractivity contribution in [3.8, 4) is 5.75 Å². The van der Waals surface area contributed by atoms with Crippen LogP contribution in [-0.2, 0) is 11.2 Å². The normalized spacial score (nSPS) is 22.0. The molecule has 0 spiro atoms. The number of carbonyl (C=O) groups is 2. The summed E-state index contributed by atoms with van der Waals surface area (Å²) in [5, 5.41) is 4.48. The lowest BCUT2D eigenvalue weighted by Crippen LogP contribution is -2.53. The molecule has 0 radical (unpaired) electrons. The largest absolute Gasteiger partial charge is 0.497 e. The van der Waals surface area contributed by atoms with Gasteiger partial charge in [-0.3, -0.25) is 14.6 Å². The number of aromatic amines is 1. The van der Waals surface area contributed by atoms with Gasteiger partial charge in [-0.05, 0) is 70.0 Å². The van der Waals surface area contributed by atoms with Gasteiger partial charge in [0.15, 0.2) is 0 Å². The number of fused-ring (bicyclic) bond motifs is 4. The van der Waals surface area contributed by atoms with Crippen LogP contribution in [0.3, 0.4) is 0 Å². The van der Waals surface area contributed by atoms with Crippen molar-refractivity contribution in [1.29, 1.82) is 0 Å². The highest BCUT2D eigenvalue weighted by molar-refractivity contribution is 6.08. The average Bonchev–Trinajstić information content (AvgIpc) is 3.27. The van der Waals surface area contributed by atoms with Crippen LogP contribution in [0.25, 0.3) is 10.9 Å². The number of nitrogens with zero attached hydrogens (tertiary/aromatic N) is 2. The first kappa shape index (κ1) is 23.4. The van der Waals surface area contributed by atoms with Gasteiger partial charge in [-0.2, -0.15) is 0 Å². The Hall–Kier alpha value is -3.32. The van der Waals surface area contributed by atoms with E-state index in [-0.39, 0.29) is 23.5 Å². The fraction of sp³-hybridized carbons (Fsp3) is 0.429. The van der Waals surface area contributed by atoms with E-state index in [1.165, 1.54) is 4.90 Å². The van der Waals surface area contributed by atoms with Crippen LogP contribution in [0.1, 0.15) is 57.0 Å². The van der Waals surface area contributed by atoms with Crippen molar-refractivity contribution in [2.75, 3.05) is 20.2 Å². The van der Waals surface area contributed by atoms with Crippen LogP contribution in [0.5, 0.6) is 5.75 Å². The first-order valence-corrected chi connectivity index (χ1v) is 12.3. The zero-order chi connectivity index (χ0) is 25.0. The highest BCUT2D eigenvalue weighted by Gasteiger charge is 2.59. The number of nitrogens with one attached hydrogen (secondary N) is 2. The number of hydrogen-bond donors (Lipinski definition) is 2. The summed E-state index contributed by atoms with van der Waals surface area (Å²) in [6.45, 7) is 9.38. The molecule has 1 aromatic heterocycles. The lowest BCUT2D eigenvalue weighted by molar-refractivity contribution is -0.133. The predicted octanol–water partition coefficient (Wildman–Crippen LogP) is 4.62.